The van der Waals surface area contributed by atoms with Crippen molar-refractivity contribution in [2.24, 2.45) is 5.41 Å². The van der Waals surface area contributed by atoms with Gasteiger partial charge in [0.15, 0.2) is 0 Å². The summed E-state index contributed by atoms with van der Waals surface area (Å²) in [5, 5.41) is 11.0. The van der Waals surface area contributed by atoms with Crippen molar-refractivity contribution in [3.63, 3.8) is 0 Å². The third kappa shape index (κ3) is 3.44. The first kappa shape index (κ1) is 19.1. The minimum Gasteiger partial charge on any atom is -0.462 e. The lowest BCUT2D eigenvalue weighted by atomic mass is 9.72. The van der Waals surface area contributed by atoms with E-state index in [9.17, 15) is 9.90 Å². The summed E-state index contributed by atoms with van der Waals surface area (Å²) in [7, 11) is 0. The molecule has 1 heterocycles. The van der Waals surface area contributed by atoms with Crippen molar-refractivity contribution in [3.05, 3.63) is 34.2 Å². The van der Waals surface area contributed by atoms with Crippen LogP contribution in [0.3, 0.4) is 0 Å². The minimum absolute atomic E-state index is 0.000434. The van der Waals surface area contributed by atoms with Crippen LogP contribution in [-0.2, 0) is 11.2 Å². The average molecular weight is 357 g/mol. The Morgan fingerprint density at radius 3 is 2.73 bits per heavy atom. The Balaban J connectivity index is 2.32. The van der Waals surface area contributed by atoms with Crippen LogP contribution in [0.15, 0.2) is 6.08 Å². The fraction of sp³-hybridized carbons (Fsp3) is 0.636. The fourth-order valence-corrected chi connectivity index (χ4v) is 4.37. The lowest BCUT2D eigenvalue weighted by molar-refractivity contribution is 0.0522. The molecule has 1 atom stereocenters. The van der Waals surface area contributed by atoms with Crippen molar-refractivity contribution >= 4 is 11.5 Å². The summed E-state index contributed by atoms with van der Waals surface area (Å²) in [6, 6.07) is 0. The number of esters is 1. The topological polar surface area (TPSA) is 59.4 Å². The van der Waals surface area contributed by atoms with E-state index < -0.39 is 6.10 Å². The average Bonchev–Trinajstić information content (AvgIpc) is 3.06. The van der Waals surface area contributed by atoms with Gasteiger partial charge in [0.05, 0.1) is 24.0 Å². The van der Waals surface area contributed by atoms with Crippen LogP contribution >= 0.6 is 0 Å². The number of pyridine rings is 1. The molecule has 3 rings (SSSR count). The van der Waals surface area contributed by atoms with E-state index in [1.165, 1.54) is 5.57 Å². The summed E-state index contributed by atoms with van der Waals surface area (Å²) in [6.45, 7) is 10.6. The highest BCUT2D eigenvalue weighted by Gasteiger charge is 2.38. The molecule has 0 aromatic carbocycles. The van der Waals surface area contributed by atoms with E-state index in [0.717, 1.165) is 48.2 Å². The van der Waals surface area contributed by atoms with Gasteiger partial charge < -0.3 is 9.84 Å². The number of ether oxygens (including phenoxy) is 1. The zero-order chi connectivity index (χ0) is 19.1. The van der Waals surface area contributed by atoms with Gasteiger partial charge in [0.2, 0.25) is 0 Å². The van der Waals surface area contributed by atoms with Crippen LogP contribution < -0.4 is 0 Å². The molecule has 1 N–H and O–H groups in total. The first-order chi connectivity index (χ1) is 12.2. The molecule has 1 unspecified atom stereocenters. The summed E-state index contributed by atoms with van der Waals surface area (Å²) in [6.07, 6.45) is 6.19. The van der Waals surface area contributed by atoms with E-state index >= 15 is 0 Å². The van der Waals surface area contributed by atoms with Crippen LogP contribution in [0.1, 0.15) is 105 Å². The number of aliphatic hydroxyl groups is 1. The standard InChI is InChI=1S/C22H31NO3/c1-6-26-21(25)19-17(14-9-7-8-10-14)18-15(23-20(19)13(2)3)11-22(4,5)12-16(18)24/h9,13,16,24H,6-8,10-12H2,1-5H3. The number of carbonyl (C=O) groups excluding carboxylic acids is 1. The lowest BCUT2D eigenvalue weighted by Crippen LogP contribution is -2.30. The number of allylic oxidation sites excluding steroid dienone is 2. The molecule has 2 aliphatic carbocycles. The summed E-state index contributed by atoms with van der Waals surface area (Å²) in [4.78, 5) is 17.8. The van der Waals surface area contributed by atoms with Crippen LogP contribution in [0.4, 0.5) is 0 Å². The molecular formula is C22H31NO3. The Labute approximate surface area is 156 Å². The van der Waals surface area contributed by atoms with Crippen LogP contribution in [0.2, 0.25) is 0 Å². The quantitative estimate of drug-likeness (QED) is 0.774. The SMILES string of the molecule is CCOC(=O)c1c(C(C)C)nc2c(c1C1=CCCC1)C(O)CC(C)(C)C2. The monoisotopic (exact) mass is 357 g/mol. The van der Waals surface area contributed by atoms with E-state index in [4.69, 9.17) is 9.72 Å². The van der Waals surface area contributed by atoms with Crippen LogP contribution in [-0.4, -0.2) is 22.7 Å². The van der Waals surface area contributed by atoms with Crippen molar-refractivity contribution in [1.82, 2.24) is 4.98 Å². The van der Waals surface area contributed by atoms with Crippen molar-refractivity contribution in [3.8, 4) is 0 Å². The van der Waals surface area contributed by atoms with Crippen molar-refractivity contribution in [2.75, 3.05) is 6.61 Å². The van der Waals surface area contributed by atoms with Crippen molar-refractivity contribution in [1.29, 1.82) is 0 Å². The third-order valence-electron chi connectivity index (χ3n) is 5.46. The van der Waals surface area contributed by atoms with E-state index in [2.05, 4.69) is 33.8 Å². The number of hydrogen-bond acceptors (Lipinski definition) is 4. The van der Waals surface area contributed by atoms with Gasteiger partial charge in [0.25, 0.3) is 0 Å². The molecule has 26 heavy (non-hydrogen) atoms. The van der Waals surface area contributed by atoms with Crippen molar-refractivity contribution < 1.29 is 14.6 Å². The largest absolute Gasteiger partial charge is 0.462 e. The zero-order valence-corrected chi connectivity index (χ0v) is 16.7. The van der Waals surface area contributed by atoms with Gasteiger partial charge in [-0.15, -0.1) is 0 Å². The highest BCUT2D eigenvalue weighted by molar-refractivity contribution is 5.98. The van der Waals surface area contributed by atoms with Gasteiger partial charge in [-0.25, -0.2) is 4.79 Å². The lowest BCUT2D eigenvalue weighted by Gasteiger charge is -2.36. The molecule has 0 bridgehead atoms. The number of fused-ring (bicyclic) bond motifs is 1. The molecule has 0 saturated heterocycles. The molecule has 0 spiro atoms. The van der Waals surface area contributed by atoms with Gasteiger partial charge in [-0.2, -0.15) is 0 Å². The number of carbonyl (C=O) groups is 1. The molecule has 0 saturated carbocycles. The molecule has 0 amide bonds. The number of nitrogens with zero attached hydrogens (tertiary/aromatic N) is 1. The highest BCUT2D eigenvalue weighted by Crippen LogP contribution is 2.46. The van der Waals surface area contributed by atoms with E-state index in [0.29, 0.717) is 18.6 Å². The molecule has 0 aliphatic heterocycles. The molecule has 142 valence electrons. The third-order valence-corrected chi connectivity index (χ3v) is 5.46. The van der Waals surface area contributed by atoms with Gasteiger partial charge in [0, 0.05) is 16.8 Å². The minimum atomic E-state index is -0.591. The van der Waals surface area contributed by atoms with E-state index in [1.54, 1.807) is 0 Å². The van der Waals surface area contributed by atoms with E-state index in [1.807, 2.05) is 6.92 Å². The molecular weight excluding hydrogens is 326 g/mol. The number of rotatable bonds is 4. The van der Waals surface area contributed by atoms with E-state index in [-0.39, 0.29) is 17.3 Å². The Bertz CT molecular complexity index is 746. The maximum absolute atomic E-state index is 12.9. The first-order valence-electron chi connectivity index (χ1n) is 9.86. The molecule has 2 aliphatic rings. The Kier molecular flexibility index (Phi) is 5.25. The maximum Gasteiger partial charge on any atom is 0.340 e. The van der Waals surface area contributed by atoms with Gasteiger partial charge in [0.1, 0.15) is 0 Å². The second kappa shape index (κ2) is 7.15. The predicted molar refractivity (Wildman–Crippen MR) is 103 cm³/mol. The molecule has 1 aromatic rings. The summed E-state index contributed by atoms with van der Waals surface area (Å²) in [5.74, 6) is -0.200. The Morgan fingerprint density at radius 1 is 1.42 bits per heavy atom. The van der Waals surface area contributed by atoms with Crippen LogP contribution in [0, 0.1) is 5.41 Å². The fourth-order valence-electron chi connectivity index (χ4n) is 4.37. The predicted octanol–water partition coefficient (Wildman–Crippen LogP) is 4.95. The van der Waals surface area contributed by atoms with Gasteiger partial charge in [-0.05, 0) is 55.9 Å². The summed E-state index contributed by atoms with van der Waals surface area (Å²) in [5.41, 5.74) is 5.28. The molecule has 1 aromatic heterocycles. The smallest absolute Gasteiger partial charge is 0.340 e. The van der Waals surface area contributed by atoms with Crippen LogP contribution in [0.5, 0.6) is 0 Å². The molecule has 4 nitrogen and oxygen atoms in total. The van der Waals surface area contributed by atoms with Gasteiger partial charge >= 0.3 is 5.97 Å². The first-order valence-corrected chi connectivity index (χ1v) is 9.86. The molecule has 0 fully saturated rings. The van der Waals surface area contributed by atoms with Gasteiger partial charge in [-0.1, -0.05) is 33.8 Å². The maximum atomic E-state index is 12.9. The van der Waals surface area contributed by atoms with Gasteiger partial charge in [-0.3, -0.25) is 4.98 Å². The zero-order valence-electron chi connectivity index (χ0n) is 16.7. The number of aromatic nitrogens is 1. The van der Waals surface area contributed by atoms with Crippen molar-refractivity contribution in [2.45, 2.75) is 78.7 Å². The summed E-state index contributed by atoms with van der Waals surface area (Å²) < 4.78 is 5.40. The Hall–Kier alpha value is -1.68. The molecule has 0 radical (unpaired) electrons. The highest BCUT2D eigenvalue weighted by atomic mass is 16.5. The summed E-state index contributed by atoms with van der Waals surface area (Å²) >= 11 is 0. The normalized spacial score (nSPS) is 21.5. The number of hydrogen-bond donors (Lipinski definition) is 1. The van der Waals surface area contributed by atoms with Crippen LogP contribution in [0.25, 0.3) is 5.57 Å². The molecule has 4 heteroatoms. The Morgan fingerprint density at radius 2 is 2.15 bits per heavy atom. The second-order valence-electron chi connectivity index (χ2n) is 8.67. The second-order valence-corrected chi connectivity index (χ2v) is 8.67. The number of aliphatic hydroxyl groups excluding tert-OH is 1.